The SMILES string of the molecule is NCCN(Cc1cc(Cl)ccc1F)C1CCCC1. The Bertz CT molecular complexity index is 391. The molecule has 2 rings (SSSR count). The molecule has 0 unspecified atom stereocenters. The zero-order valence-electron chi connectivity index (χ0n) is 10.5. The van der Waals surface area contributed by atoms with Crippen LogP contribution in [0, 0.1) is 5.82 Å². The van der Waals surface area contributed by atoms with Gasteiger partial charge in [0.25, 0.3) is 0 Å². The Balaban J connectivity index is 2.09. The van der Waals surface area contributed by atoms with E-state index in [1.165, 1.54) is 31.7 Å². The van der Waals surface area contributed by atoms with Crippen LogP contribution in [0.25, 0.3) is 0 Å². The van der Waals surface area contributed by atoms with Gasteiger partial charge in [-0.1, -0.05) is 24.4 Å². The molecule has 0 spiro atoms. The average Bonchev–Trinajstić information content (AvgIpc) is 2.87. The lowest BCUT2D eigenvalue weighted by atomic mass is 10.1. The van der Waals surface area contributed by atoms with E-state index in [1.54, 1.807) is 12.1 Å². The van der Waals surface area contributed by atoms with Crippen LogP contribution in [0.15, 0.2) is 18.2 Å². The van der Waals surface area contributed by atoms with E-state index in [9.17, 15) is 4.39 Å². The Labute approximate surface area is 113 Å². The summed E-state index contributed by atoms with van der Waals surface area (Å²) in [5.41, 5.74) is 6.33. The normalized spacial score (nSPS) is 16.7. The van der Waals surface area contributed by atoms with E-state index in [-0.39, 0.29) is 5.82 Å². The standard InChI is InChI=1S/C14H20ClFN2/c15-12-5-6-14(16)11(9-12)10-18(8-7-17)13-3-1-2-4-13/h5-6,9,13H,1-4,7-8,10,17H2. The number of benzene rings is 1. The summed E-state index contributed by atoms with van der Waals surface area (Å²) in [6, 6.07) is 5.29. The minimum Gasteiger partial charge on any atom is -0.329 e. The maximum atomic E-state index is 13.7. The van der Waals surface area contributed by atoms with E-state index < -0.39 is 0 Å². The van der Waals surface area contributed by atoms with Gasteiger partial charge in [-0.2, -0.15) is 0 Å². The van der Waals surface area contributed by atoms with Gasteiger partial charge in [-0.3, -0.25) is 4.90 Å². The molecule has 0 heterocycles. The second-order valence-corrected chi connectivity index (χ2v) is 5.37. The van der Waals surface area contributed by atoms with Crippen molar-refractivity contribution in [2.24, 2.45) is 5.73 Å². The fourth-order valence-corrected chi connectivity index (χ4v) is 2.90. The summed E-state index contributed by atoms with van der Waals surface area (Å²) in [6.07, 6.45) is 4.93. The third-order valence-electron chi connectivity index (χ3n) is 3.64. The number of rotatable bonds is 5. The van der Waals surface area contributed by atoms with E-state index >= 15 is 0 Å². The van der Waals surface area contributed by atoms with Crippen molar-refractivity contribution < 1.29 is 4.39 Å². The van der Waals surface area contributed by atoms with Gasteiger partial charge < -0.3 is 5.73 Å². The van der Waals surface area contributed by atoms with Gasteiger partial charge in [0.15, 0.2) is 0 Å². The van der Waals surface area contributed by atoms with Crippen LogP contribution in [0.4, 0.5) is 4.39 Å². The molecule has 1 aromatic rings. The van der Waals surface area contributed by atoms with Gasteiger partial charge in [-0.25, -0.2) is 4.39 Å². The predicted octanol–water partition coefficient (Wildman–Crippen LogP) is 3.18. The molecule has 18 heavy (non-hydrogen) atoms. The molecule has 0 aromatic heterocycles. The number of nitrogens with two attached hydrogens (primary N) is 1. The molecule has 2 N–H and O–H groups in total. The molecule has 1 aromatic carbocycles. The molecular formula is C14H20ClFN2. The maximum absolute atomic E-state index is 13.7. The minimum atomic E-state index is -0.181. The van der Waals surface area contributed by atoms with E-state index in [0.717, 1.165) is 6.54 Å². The first-order valence-electron chi connectivity index (χ1n) is 6.58. The molecule has 0 amide bonds. The topological polar surface area (TPSA) is 29.3 Å². The van der Waals surface area contributed by atoms with Crippen molar-refractivity contribution in [3.8, 4) is 0 Å². The molecule has 1 aliphatic rings. The van der Waals surface area contributed by atoms with Crippen LogP contribution < -0.4 is 5.73 Å². The maximum Gasteiger partial charge on any atom is 0.127 e. The number of hydrogen-bond acceptors (Lipinski definition) is 2. The van der Waals surface area contributed by atoms with Gasteiger partial charge in [0.05, 0.1) is 0 Å². The average molecular weight is 271 g/mol. The summed E-state index contributed by atoms with van der Waals surface area (Å²) in [4.78, 5) is 2.29. The molecule has 1 fully saturated rings. The lowest BCUT2D eigenvalue weighted by Gasteiger charge is -2.28. The van der Waals surface area contributed by atoms with Crippen LogP contribution in [0.1, 0.15) is 31.2 Å². The van der Waals surface area contributed by atoms with Crippen molar-refractivity contribution in [2.75, 3.05) is 13.1 Å². The number of halogens is 2. The fourth-order valence-electron chi connectivity index (χ4n) is 2.71. The Kier molecular flexibility index (Phi) is 4.98. The Morgan fingerprint density at radius 2 is 2.06 bits per heavy atom. The summed E-state index contributed by atoms with van der Waals surface area (Å²) in [7, 11) is 0. The zero-order valence-corrected chi connectivity index (χ0v) is 11.3. The Morgan fingerprint density at radius 1 is 1.33 bits per heavy atom. The second kappa shape index (κ2) is 6.50. The van der Waals surface area contributed by atoms with Gasteiger partial charge in [-0.15, -0.1) is 0 Å². The summed E-state index contributed by atoms with van der Waals surface area (Å²) in [5, 5.41) is 0.588. The van der Waals surface area contributed by atoms with Crippen LogP contribution in [-0.2, 0) is 6.54 Å². The zero-order chi connectivity index (χ0) is 13.0. The van der Waals surface area contributed by atoms with Crippen LogP contribution in [0.3, 0.4) is 0 Å². The van der Waals surface area contributed by atoms with Crippen molar-refractivity contribution in [3.05, 3.63) is 34.6 Å². The molecule has 0 radical (unpaired) electrons. The molecule has 0 saturated heterocycles. The predicted molar refractivity (Wildman–Crippen MR) is 73.1 cm³/mol. The largest absolute Gasteiger partial charge is 0.329 e. The quantitative estimate of drug-likeness (QED) is 0.890. The third kappa shape index (κ3) is 3.44. The van der Waals surface area contributed by atoms with E-state index in [4.69, 9.17) is 17.3 Å². The molecule has 0 atom stereocenters. The Hall–Kier alpha value is -0.640. The number of nitrogens with zero attached hydrogens (tertiary/aromatic N) is 1. The Morgan fingerprint density at radius 3 is 2.72 bits per heavy atom. The first-order valence-corrected chi connectivity index (χ1v) is 6.96. The van der Waals surface area contributed by atoms with E-state index in [0.29, 0.717) is 29.7 Å². The highest BCUT2D eigenvalue weighted by Gasteiger charge is 2.22. The molecular weight excluding hydrogens is 251 g/mol. The first-order chi connectivity index (χ1) is 8.70. The molecule has 0 bridgehead atoms. The van der Waals surface area contributed by atoms with Gasteiger partial charge in [0.2, 0.25) is 0 Å². The third-order valence-corrected chi connectivity index (χ3v) is 3.87. The highest BCUT2D eigenvalue weighted by atomic mass is 35.5. The first kappa shape index (κ1) is 13.8. The number of hydrogen-bond donors (Lipinski definition) is 1. The van der Waals surface area contributed by atoms with Crippen molar-refractivity contribution >= 4 is 11.6 Å². The van der Waals surface area contributed by atoms with Crippen LogP contribution in [0.2, 0.25) is 5.02 Å². The van der Waals surface area contributed by atoms with Crippen molar-refractivity contribution in [1.29, 1.82) is 0 Å². The van der Waals surface area contributed by atoms with Crippen LogP contribution in [-0.4, -0.2) is 24.0 Å². The van der Waals surface area contributed by atoms with Gasteiger partial charge >= 0.3 is 0 Å². The second-order valence-electron chi connectivity index (χ2n) is 4.93. The van der Waals surface area contributed by atoms with Gasteiger partial charge in [0.1, 0.15) is 5.82 Å². The molecule has 100 valence electrons. The molecule has 2 nitrogen and oxygen atoms in total. The monoisotopic (exact) mass is 270 g/mol. The summed E-state index contributed by atoms with van der Waals surface area (Å²) in [5.74, 6) is -0.181. The summed E-state index contributed by atoms with van der Waals surface area (Å²) >= 11 is 5.93. The highest BCUT2D eigenvalue weighted by Crippen LogP contribution is 2.25. The lowest BCUT2D eigenvalue weighted by molar-refractivity contribution is 0.193. The van der Waals surface area contributed by atoms with Gasteiger partial charge in [-0.05, 0) is 31.0 Å². The summed E-state index contributed by atoms with van der Waals surface area (Å²) < 4.78 is 13.7. The molecule has 1 aliphatic carbocycles. The van der Waals surface area contributed by atoms with Crippen molar-refractivity contribution in [2.45, 2.75) is 38.3 Å². The van der Waals surface area contributed by atoms with Crippen molar-refractivity contribution in [1.82, 2.24) is 4.90 Å². The molecule has 4 heteroatoms. The fraction of sp³-hybridized carbons (Fsp3) is 0.571. The molecule has 0 aliphatic heterocycles. The lowest BCUT2D eigenvalue weighted by Crippen LogP contribution is -2.36. The van der Waals surface area contributed by atoms with Crippen molar-refractivity contribution in [3.63, 3.8) is 0 Å². The van der Waals surface area contributed by atoms with E-state index in [1.807, 2.05) is 0 Å². The molecule has 1 saturated carbocycles. The van der Waals surface area contributed by atoms with E-state index in [2.05, 4.69) is 4.90 Å². The summed E-state index contributed by atoms with van der Waals surface area (Å²) in [6.45, 7) is 2.03. The smallest absolute Gasteiger partial charge is 0.127 e. The van der Waals surface area contributed by atoms with Crippen LogP contribution in [0.5, 0.6) is 0 Å². The van der Waals surface area contributed by atoms with Gasteiger partial charge in [0, 0.05) is 36.3 Å². The minimum absolute atomic E-state index is 0.181. The van der Waals surface area contributed by atoms with Crippen LogP contribution >= 0.6 is 11.6 Å². The highest BCUT2D eigenvalue weighted by molar-refractivity contribution is 6.30.